The molecule has 2 aliphatic rings. The van der Waals surface area contributed by atoms with E-state index in [0.717, 1.165) is 24.1 Å². The lowest BCUT2D eigenvalue weighted by atomic mass is 9.95. The third-order valence-corrected chi connectivity index (χ3v) is 5.26. The summed E-state index contributed by atoms with van der Waals surface area (Å²) in [6.45, 7) is 0. The number of benzene rings is 1. The number of nitriles is 1. The molecule has 5 nitrogen and oxygen atoms in total. The van der Waals surface area contributed by atoms with Crippen LogP contribution in [0.15, 0.2) is 36.4 Å². The maximum Gasteiger partial charge on any atom is 0.268 e. The monoisotopic (exact) mass is 320 g/mol. The zero-order valence-corrected chi connectivity index (χ0v) is 13.6. The Morgan fingerprint density at radius 2 is 2.21 bits per heavy atom. The van der Waals surface area contributed by atoms with E-state index in [2.05, 4.69) is 16.7 Å². The van der Waals surface area contributed by atoms with Crippen molar-refractivity contribution in [2.45, 2.75) is 37.4 Å². The van der Waals surface area contributed by atoms with Crippen LogP contribution in [-0.4, -0.2) is 28.6 Å². The van der Waals surface area contributed by atoms with E-state index in [1.807, 2.05) is 41.9 Å². The van der Waals surface area contributed by atoms with Crippen molar-refractivity contribution >= 4 is 5.91 Å². The summed E-state index contributed by atoms with van der Waals surface area (Å²) in [5, 5.41) is 15.8. The lowest BCUT2D eigenvalue weighted by molar-refractivity contribution is 0.0923. The van der Waals surface area contributed by atoms with E-state index in [1.165, 1.54) is 6.42 Å². The molecule has 3 heterocycles. The van der Waals surface area contributed by atoms with Gasteiger partial charge in [-0.15, -0.1) is 0 Å². The van der Waals surface area contributed by atoms with Gasteiger partial charge < -0.3 is 15.2 Å². The highest BCUT2D eigenvalue weighted by Crippen LogP contribution is 2.29. The number of hydrogen-bond donors (Lipinski definition) is 2. The van der Waals surface area contributed by atoms with E-state index in [1.54, 1.807) is 6.07 Å². The van der Waals surface area contributed by atoms with Crippen LogP contribution in [0.4, 0.5) is 0 Å². The number of carbonyl (C=O) groups is 1. The van der Waals surface area contributed by atoms with Crippen LogP contribution in [0.25, 0.3) is 11.3 Å². The Kier molecular flexibility index (Phi) is 3.62. The van der Waals surface area contributed by atoms with E-state index in [9.17, 15) is 4.79 Å². The zero-order chi connectivity index (χ0) is 16.7. The van der Waals surface area contributed by atoms with Crippen molar-refractivity contribution in [2.24, 2.45) is 7.05 Å². The minimum absolute atomic E-state index is 0.0282. The van der Waals surface area contributed by atoms with E-state index >= 15 is 0 Å². The van der Waals surface area contributed by atoms with E-state index in [4.69, 9.17) is 5.26 Å². The topological polar surface area (TPSA) is 69.8 Å². The molecule has 0 aliphatic carbocycles. The fraction of sp³-hybridized carbons (Fsp3) is 0.368. The highest BCUT2D eigenvalue weighted by Gasteiger charge is 2.39. The number of nitrogens with zero attached hydrogens (tertiary/aromatic N) is 2. The standard InChI is InChI=1S/C19H20N4O/c1-23-17(13-4-2-3-12(9-13)11-20)7-8-18(23)19(24)22-16-10-14-5-6-15(16)21-14/h2-4,7-9,14-16,21H,5-6,10H2,1H3,(H,22,24)/t14-,15+,16-/m1/s1. The molecule has 1 amide bonds. The summed E-state index contributed by atoms with van der Waals surface area (Å²) in [6, 6.07) is 14.6. The summed E-state index contributed by atoms with van der Waals surface area (Å²) < 4.78 is 1.90. The minimum Gasteiger partial charge on any atom is -0.346 e. The molecule has 2 saturated heterocycles. The Morgan fingerprint density at radius 3 is 2.92 bits per heavy atom. The van der Waals surface area contributed by atoms with Gasteiger partial charge in [0.1, 0.15) is 5.69 Å². The molecule has 2 fully saturated rings. The highest BCUT2D eigenvalue weighted by atomic mass is 16.2. The summed E-state index contributed by atoms with van der Waals surface area (Å²) >= 11 is 0. The van der Waals surface area contributed by atoms with Crippen molar-refractivity contribution in [1.82, 2.24) is 15.2 Å². The van der Waals surface area contributed by atoms with E-state index in [0.29, 0.717) is 23.3 Å². The minimum atomic E-state index is -0.0282. The van der Waals surface area contributed by atoms with Crippen molar-refractivity contribution in [2.75, 3.05) is 0 Å². The van der Waals surface area contributed by atoms with Gasteiger partial charge in [-0.2, -0.15) is 5.26 Å². The maximum atomic E-state index is 12.7. The van der Waals surface area contributed by atoms with Gasteiger partial charge in [0, 0.05) is 30.9 Å². The summed E-state index contributed by atoms with van der Waals surface area (Å²) in [5.74, 6) is -0.0282. The number of nitrogens with one attached hydrogen (secondary N) is 2. The van der Waals surface area contributed by atoms with Crippen LogP contribution in [0.1, 0.15) is 35.3 Å². The number of carbonyl (C=O) groups excluding carboxylic acids is 1. The zero-order valence-electron chi connectivity index (χ0n) is 13.6. The molecule has 2 aliphatic heterocycles. The van der Waals surface area contributed by atoms with Crippen molar-refractivity contribution in [3.8, 4) is 17.3 Å². The predicted molar refractivity (Wildman–Crippen MR) is 91.4 cm³/mol. The molecule has 4 rings (SSSR count). The van der Waals surface area contributed by atoms with Crippen LogP contribution in [-0.2, 0) is 7.05 Å². The first-order valence-corrected chi connectivity index (χ1v) is 8.39. The third kappa shape index (κ3) is 2.49. The molecule has 1 aromatic heterocycles. The lowest BCUT2D eigenvalue weighted by Gasteiger charge is -2.21. The molecule has 24 heavy (non-hydrogen) atoms. The molecule has 122 valence electrons. The number of fused-ring (bicyclic) bond motifs is 2. The molecule has 0 spiro atoms. The van der Waals surface area contributed by atoms with E-state index < -0.39 is 0 Å². The second-order valence-electron chi connectivity index (χ2n) is 6.72. The van der Waals surface area contributed by atoms with Crippen molar-refractivity contribution in [1.29, 1.82) is 5.26 Å². The molecule has 0 saturated carbocycles. The highest BCUT2D eigenvalue weighted by molar-refractivity contribution is 5.94. The van der Waals surface area contributed by atoms with Crippen LogP contribution in [0, 0.1) is 11.3 Å². The van der Waals surface area contributed by atoms with Gasteiger partial charge in [-0.05, 0) is 49.1 Å². The molecular formula is C19H20N4O. The summed E-state index contributed by atoms with van der Waals surface area (Å²) in [5.41, 5.74) is 3.14. The molecule has 5 heteroatoms. The summed E-state index contributed by atoms with van der Waals surface area (Å²) in [4.78, 5) is 12.7. The van der Waals surface area contributed by atoms with Crippen LogP contribution < -0.4 is 10.6 Å². The Bertz CT molecular complexity index is 832. The van der Waals surface area contributed by atoms with Gasteiger partial charge in [0.15, 0.2) is 0 Å². The Labute approximate surface area is 141 Å². The first-order valence-electron chi connectivity index (χ1n) is 8.39. The molecule has 0 radical (unpaired) electrons. The van der Waals surface area contributed by atoms with Gasteiger partial charge in [0.2, 0.25) is 0 Å². The first-order chi connectivity index (χ1) is 11.7. The van der Waals surface area contributed by atoms with Gasteiger partial charge in [-0.1, -0.05) is 12.1 Å². The first kappa shape index (κ1) is 15.0. The van der Waals surface area contributed by atoms with Crippen LogP contribution in [0.5, 0.6) is 0 Å². The largest absolute Gasteiger partial charge is 0.346 e. The van der Waals surface area contributed by atoms with Gasteiger partial charge in [-0.25, -0.2) is 0 Å². The fourth-order valence-electron chi connectivity index (χ4n) is 4.00. The van der Waals surface area contributed by atoms with Crippen molar-refractivity contribution in [3.63, 3.8) is 0 Å². The van der Waals surface area contributed by atoms with Crippen LogP contribution >= 0.6 is 0 Å². The smallest absolute Gasteiger partial charge is 0.268 e. The lowest BCUT2D eigenvalue weighted by Crippen LogP contribution is -2.43. The second kappa shape index (κ2) is 5.81. The number of hydrogen-bond acceptors (Lipinski definition) is 3. The molecule has 0 unspecified atom stereocenters. The van der Waals surface area contributed by atoms with Crippen LogP contribution in [0.3, 0.4) is 0 Å². The average Bonchev–Trinajstić information content (AvgIpc) is 3.30. The van der Waals surface area contributed by atoms with Gasteiger partial charge >= 0.3 is 0 Å². The van der Waals surface area contributed by atoms with Gasteiger partial charge in [0.25, 0.3) is 5.91 Å². The van der Waals surface area contributed by atoms with Gasteiger partial charge in [-0.3, -0.25) is 4.79 Å². The summed E-state index contributed by atoms with van der Waals surface area (Å²) in [7, 11) is 1.89. The van der Waals surface area contributed by atoms with E-state index in [-0.39, 0.29) is 11.9 Å². The molecular weight excluding hydrogens is 300 g/mol. The number of rotatable bonds is 3. The molecule has 2 N–H and O–H groups in total. The SMILES string of the molecule is Cn1c(C(=O)N[C@@H]2C[C@H]3CC[C@@H]2N3)ccc1-c1cccc(C#N)c1. The maximum absolute atomic E-state index is 12.7. The normalized spacial score (nSPS) is 24.8. The molecule has 1 aromatic carbocycles. The second-order valence-corrected chi connectivity index (χ2v) is 6.72. The Hall–Kier alpha value is -2.58. The molecule has 2 bridgehead atoms. The average molecular weight is 320 g/mol. The van der Waals surface area contributed by atoms with Gasteiger partial charge in [0.05, 0.1) is 11.6 Å². The van der Waals surface area contributed by atoms with Crippen molar-refractivity contribution in [3.05, 3.63) is 47.7 Å². The van der Waals surface area contributed by atoms with Crippen molar-refractivity contribution < 1.29 is 4.79 Å². The number of amides is 1. The molecule has 3 atom stereocenters. The Morgan fingerprint density at radius 1 is 1.33 bits per heavy atom. The predicted octanol–water partition coefficient (Wildman–Crippen LogP) is 2.19. The van der Waals surface area contributed by atoms with Crippen LogP contribution in [0.2, 0.25) is 0 Å². The summed E-state index contributed by atoms with van der Waals surface area (Å²) in [6.07, 6.45) is 3.40. The molecule has 2 aromatic rings. The quantitative estimate of drug-likeness (QED) is 0.911. The third-order valence-electron chi connectivity index (χ3n) is 5.26. The fourth-order valence-corrected chi connectivity index (χ4v) is 4.00. The number of aromatic nitrogens is 1. The Balaban J connectivity index is 1.55.